The lowest BCUT2D eigenvalue weighted by molar-refractivity contribution is -0.391. The Morgan fingerprint density at radius 2 is 1.49 bits per heavy atom. The van der Waals surface area contributed by atoms with E-state index >= 15 is 0 Å². The highest BCUT2D eigenvalue weighted by molar-refractivity contribution is 5.96. The number of aliphatic carboxylic acids is 1. The van der Waals surface area contributed by atoms with E-state index in [1.54, 1.807) is 24.3 Å². The van der Waals surface area contributed by atoms with Crippen LogP contribution in [0.3, 0.4) is 0 Å². The number of carboxylic acids is 1. The number of carbonyl (C=O) groups is 3. The van der Waals surface area contributed by atoms with Gasteiger partial charge in [-0.25, -0.2) is 0 Å². The summed E-state index contributed by atoms with van der Waals surface area (Å²) in [6.07, 6.45) is -3.97. The summed E-state index contributed by atoms with van der Waals surface area (Å²) < 4.78 is 63.0. The van der Waals surface area contributed by atoms with E-state index in [2.05, 4.69) is 20.1 Å². The van der Waals surface area contributed by atoms with Gasteiger partial charge in [0.15, 0.2) is 11.5 Å². The van der Waals surface area contributed by atoms with E-state index in [0.29, 0.717) is 17.0 Å². The third kappa shape index (κ3) is 7.55. The average molecular weight is 629 g/mol. The fraction of sp³-hybridized carbons (Fsp3) is 0.364. The van der Waals surface area contributed by atoms with Gasteiger partial charge in [0.2, 0.25) is 5.91 Å². The second kappa shape index (κ2) is 13.2. The fourth-order valence-corrected chi connectivity index (χ4v) is 5.59. The van der Waals surface area contributed by atoms with Crippen molar-refractivity contribution in [2.24, 2.45) is 0 Å². The molecule has 3 aromatic carbocycles. The average Bonchev–Trinajstić information content (AvgIpc) is 3.01. The minimum absolute atomic E-state index is 0.0189. The second-order valence-electron chi connectivity index (χ2n) is 11.2. The van der Waals surface area contributed by atoms with Gasteiger partial charge in [-0.1, -0.05) is 55.7 Å². The van der Waals surface area contributed by atoms with E-state index in [1.165, 1.54) is 30.9 Å². The monoisotopic (exact) mass is 628 g/mol. The highest BCUT2D eigenvalue weighted by Crippen LogP contribution is 2.47. The molecule has 12 heteroatoms. The van der Waals surface area contributed by atoms with Crippen molar-refractivity contribution >= 4 is 23.5 Å². The molecular weight excluding hydrogens is 596 g/mol. The zero-order valence-corrected chi connectivity index (χ0v) is 24.2. The Balaban J connectivity index is 1.35. The third-order valence-electron chi connectivity index (χ3n) is 8.04. The number of benzene rings is 3. The number of hydrogen-bond donors (Lipinski definition) is 3. The van der Waals surface area contributed by atoms with Crippen LogP contribution < -0.4 is 20.1 Å². The summed E-state index contributed by atoms with van der Waals surface area (Å²) in [5, 5.41) is 14.0. The number of amides is 2. The van der Waals surface area contributed by atoms with Crippen LogP contribution in [0, 0.1) is 0 Å². The topological polar surface area (TPSA) is 114 Å². The van der Waals surface area contributed by atoms with Gasteiger partial charge in [0.25, 0.3) is 5.91 Å². The molecule has 2 aliphatic rings. The number of rotatable bonds is 10. The summed E-state index contributed by atoms with van der Waals surface area (Å²) in [6, 6.07) is 17.6. The molecular formula is C33H32F4N2O6. The van der Waals surface area contributed by atoms with E-state index in [1.807, 2.05) is 24.3 Å². The van der Waals surface area contributed by atoms with Crippen LogP contribution in [0.2, 0.25) is 0 Å². The molecule has 45 heavy (non-hydrogen) atoms. The van der Waals surface area contributed by atoms with Crippen molar-refractivity contribution in [1.29, 1.82) is 0 Å². The predicted molar refractivity (Wildman–Crippen MR) is 156 cm³/mol. The van der Waals surface area contributed by atoms with Crippen molar-refractivity contribution in [1.82, 2.24) is 5.32 Å². The molecule has 0 spiro atoms. The minimum atomic E-state index is -4.90. The first-order valence-corrected chi connectivity index (χ1v) is 14.7. The first-order valence-electron chi connectivity index (χ1n) is 14.7. The van der Waals surface area contributed by atoms with Crippen LogP contribution in [0.5, 0.6) is 11.5 Å². The first kappa shape index (κ1) is 31.8. The number of halogens is 4. The second-order valence-corrected chi connectivity index (χ2v) is 11.2. The Kier molecular flexibility index (Phi) is 9.31. The highest BCUT2D eigenvalue weighted by Gasteiger charge is 2.66. The molecule has 2 amide bonds. The van der Waals surface area contributed by atoms with Crippen LogP contribution in [0.4, 0.5) is 23.2 Å². The van der Waals surface area contributed by atoms with Gasteiger partial charge in [0.1, 0.15) is 0 Å². The first-order chi connectivity index (χ1) is 21.4. The summed E-state index contributed by atoms with van der Waals surface area (Å²) in [5.74, 6) is -3.48. The lowest BCUT2D eigenvalue weighted by atomic mass is 9.83. The van der Waals surface area contributed by atoms with E-state index in [-0.39, 0.29) is 25.1 Å². The molecule has 1 fully saturated rings. The highest BCUT2D eigenvalue weighted by atomic mass is 19.3. The molecule has 1 unspecified atom stereocenters. The van der Waals surface area contributed by atoms with Crippen LogP contribution in [-0.2, 0) is 16.0 Å². The summed E-state index contributed by atoms with van der Waals surface area (Å²) in [5.41, 5.74) is 2.98. The van der Waals surface area contributed by atoms with E-state index in [4.69, 9.17) is 5.11 Å². The number of ether oxygens (including phenoxy) is 2. The number of nitrogens with one attached hydrogen (secondary N) is 2. The van der Waals surface area contributed by atoms with Crippen molar-refractivity contribution in [2.45, 2.75) is 69.0 Å². The molecule has 238 valence electrons. The molecule has 1 atom stereocenters. The molecule has 1 aliphatic heterocycles. The number of carbonyl (C=O) groups excluding carboxylic acids is 2. The minimum Gasteiger partial charge on any atom is -0.481 e. The summed E-state index contributed by atoms with van der Waals surface area (Å²) >= 11 is 0. The van der Waals surface area contributed by atoms with Crippen molar-refractivity contribution in [3.63, 3.8) is 0 Å². The molecule has 0 aromatic heterocycles. The normalized spacial score (nSPS) is 17.6. The summed E-state index contributed by atoms with van der Waals surface area (Å²) in [6.45, 7) is -0.0189. The van der Waals surface area contributed by atoms with Gasteiger partial charge < -0.3 is 25.2 Å². The fourth-order valence-electron chi connectivity index (χ4n) is 5.59. The van der Waals surface area contributed by atoms with Crippen LogP contribution in [0.25, 0.3) is 0 Å². The SMILES string of the molecule is O=C(O)CCNC(=O)c1ccc(CC(C(=O)Nc2ccc3c(c2)OC(F)(F)C(F)(F)O3)c2ccc(C3CCCCC3)cc2)cc1. The molecule has 1 heterocycles. The number of fused-ring (bicyclic) bond motifs is 1. The molecule has 3 aromatic rings. The predicted octanol–water partition coefficient (Wildman–Crippen LogP) is 6.86. The Labute approximate surface area is 256 Å². The van der Waals surface area contributed by atoms with E-state index < -0.39 is 47.4 Å². The zero-order valence-electron chi connectivity index (χ0n) is 24.2. The standard InChI is InChI=1S/C33H32F4N2O6/c34-32(35)33(36,37)45-28-19-25(14-15-27(28)44-32)39-31(43)26(23-12-10-22(11-13-23)21-4-2-1-3-5-21)18-20-6-8-24(9-7-20)30(42)38-17-16-29(40)41/h6-15,19,21,26H,1-5,16-18H2,(H,38,42)(H,39,43)(H,40,41). The van der Waals surface area contributed by atoms with Gasteiger partial charge in [0.05, 0.1) is 12.3 Å². The number of hydrogen-bond acceptors (Lipinski definition) is 5. The van der Waals surface area contributed by atoms with Crippen molar-refractivity contribution in [3.8, 4) is 11.5 Å². The maximum Gasteiger partial charge on any atom is 0.507 e. The van der Waals surface area contributed by atoms with Crippen molar-refractivity contribution in [3.05, 3.63) is 89.0 Å². The molecule has 1 aliphatic carbocycles. The van der Waals surface area contributed by atoms with Crippen molar-refractivity contribution < 1.29 is 46.5 Å². The summed E-state index contributed by atoms with van der Waals surface area (Å²) in [7, 11) is 0. The largest absolute Gasteiger partial charge is 0.507 e. The maximum atomic E-state index is 13.8. The van der Waals surface area contributed by atoms with Crippen LogP contribution >= 0.6 is 0 Å². The van der Waals surface area contributed by atoms with Gasteiger partial charge in [-0.15, -0.1) is 0 Å². The maximum absolute atomic E-state index is 13.8. The number of carboxylic acid groups (broad SMARTS) is 1. The van der Waals surface area contributed by atoms with E-state index in [9.17, 15) is 31.9 Å². The van der Waals surface area contributed by atoms with Gasteiger partial charge >= 0.3 is 18.2 Å². The van der Waals surface area contributed by atoms with Gasteiger partial charge in [-0.3, -0.25) is 14.4 Å². The number of anilines is 1. The Hall–Kier alpha value is -4.61. The lowest BCUT2D eigenvalue weighted by Crippen LogP contribution is -2.52. The Morgan fingerprint density at radius 1 is 0.844 bits per heavy atom. The quantitative estimate of drug-likeness (QED) is 0.212. The number of alkyl halides is 4. The lowest BCUT2D eigenvalue weighted by Gasteiger charge is -2.32. The molecule has 0 bridgehead atoms. The van der Waals surface area contributed by atoms with Crippen LogP contribution in [0.1, 0.15) is 77.4 Å². The van der Waals surface area contributed by atoms with Crippen LogP contribution in [-0.4, -0.2) is 41.7 Å². The Morgan fingerprint density at radius 3 is 2.13 bits per heavy atom. The molecule has 0 radical (unpaired) electrons. The van der Waals surface area contributed by atoms with Crippen LogP contribution in [0.15, 0.2) is 66.7 Å². The summed E-state index contributed by atoms with van der Waals surface area (Å²) in [4.78, 5) is 36.8. The molecule has 0 saturated heterocycles. The third-order valence-corrected chi connectivity index (χ3v) is 8.04. The van der Waals surface area contributed by atoms with E-state index in [0.717, 1.165) is 30.5 Å². The smallest absolute Gasteiger partial charge is 0.481 e. The Bertz CT molecular complexity index is 1540. The van der Waals surface area contributed by atoms with Gasteiger partial charge in [0, 0.05) is 23.9 Å². The molecule has 1 saturated carbocycles. The van der Waals surface area contributed by atoms with Gasteiger partial charge in [-0.2, -0.15) is 17.6 Å². The molecule has 8 nitrogen and oxygen atoms in total. The molecule has 3 N–H and O–H groups in total. The zero-order chi connectivity index (χ0) is 32.2. The van der Waals surface area contributed by atoms with Gasteiger partial charge in [-0.05, 0) is 66.1 Å². The van der Waals surface area contributed by atoms with Crippen molar-refractivity contribution in [2.75, 3.05) is 11.9 Å². The molecule has 5 rings (SSSR count).